The summed E-state index contributed by atoms with van der Waals surface area (Å²) in [7, 11) is 0. The molecule has 0 saturated carbocycles. The molecule has 3 nitrogen and oxygen atoms in total. The summed E-state index contributed by atoms with van der Waals surface area (Å²) >= 11 is 0. The molecule has 3 heteroatoms. The first-order valence-corrected chi connectivity index (χ1v) is 7.36. The molecule has 1 aliphatic heterocycles. The summed E-state index contributed by atoms with van der Waals surface area (Å²) in [5, 5.41) is 0. The van der Waals surface area contributed by atoms with Crippen LogP contribution in [0.1, 0.15) is 54.9 Å². The number of hydrogen-bond acceptors (Lipinski definition) is 2. The SMILES string of the molecule is CCCC1CCCCN1C(=O)c1cccc(CN)c1. The Hall–Kier alpha value is -1.35. The summed E-state index contributed by atoms with van der Waals surface area (Å²) in [6, 6.07) is 8.15. The van der Waals surface area contributed by atoms with Gasteiger partial charge in [-0.05, 0) is 43.4 Å². The van der Waals surface area contributed by atoms with E-state index in [9.17, 15) is 4.79 Å². The molecule has 0 spiro atoms. The van der Waals surface area contributed by atoms with Crippen LogP contribution < -0.4 is 5.73 Å². The zero-order valence-electron chi connectivity index (χ0n) is 11.8. The van der Waals surface area contributed by atoms with Crippen molar-refractivity contribution in [2.24, 2.45) is 5.73 Å². The number of hydrogen-bond donors (Lipinski definition) is 1. The molecule has 1 fully saturated rings. The topological polar surface area (TPSA) is 46.3 Å². The van der Waals surface area contributed by atoms with Crippen molar-refractivity contribution >= 4 is 5.91 Å². The third-order valence-corrected chi connectivity index (χ3v) is 3.92. The highest BCUT2D eigenvalue weighted by molar-refractivity contribution is 5.94. The smallest absolute Gasteiger partial charge is 0.254 e. The second-order valence-electron chi connectivity index (χ2n) is 5.34. The van der Waals surface area contributed by atoms with Gasteiger partial charge in [0.25, 0.3) is 5.91 Å². The van der Waals surface area contributed by atoms with Crippen molar-refractivity contribution in [2.75, 3.05) is 6.54 Å². The first-order valence-electron chi connectivity index (χ1n) is 7.36. The zero-order valence-corrected chi connectivity index (χ0v) is 11.8. The van der Waals surface area contributed by atoms with Gasteiger partial charge >= 0.3 is 0 Å². The fourth-order valence-corrected chi connectivity index (χ4v) is 2.90. The third-order valence-electron chi connectivity index (χ3n) is 3.92. The summed E-state index contributed by atoms with van der Waals surface area (Å²) in [6.45, 7) is 3.57. The summed E-state index contributed by atoms with van der Waals surface area (Å²) in [5.41, 5.74) is 7.45. The second kappa shape index (κ2) is 6.71. The fraction of sp³-hybridized carbons (Fsp3) is 0.562. The number of benzene rings is 1. The van der Waals surface area contributed by atoms with E-state index in [-0.39, 0.29) is 5.91 Å². The van der Waals surface area contributed by atoms with Gasteiger partial charge in [0.05, 0.1) is 0 Å². The third kappa shape index (κ3) is 3.35. The molecule has 1 aromatic carbocycles. The molecule has 104 valence electrons. The van der Waals surface area contributed by atoms with E-state index in [0.29, 0.717) is 12.6 Å². The van der Waals surface area contributed by atoms with Gasteiger partial charge in [-0.1, -0.05) is 25.5 Å². The number of carbonyl (C=O) groups is 1. The minimum absolute atomic E-state index is 0.174. The van der Waals surface area contributed by atoms with E-state index >= 15 is 0 Å². The molecule has 1 saturated heterocycles. The van der Waals surface area contributed by atoms with E-state index in [1.165, 1.54) is 6.42 Å². The van der Waals surface area contributed by atoms with Crippen LogP contribution in [0.3, 0.4) is 0 Å². The van der Waals surface area contributed by atoms with Crippen molar-refractivity contribution in [3.63, 3.8) is 0 Å². The predicted octanol–water partition coefficient (Wildman–Crippen LogP) is 2.94. The van der Waals surface area contributed by atoms with Gasteiger partial charge in [-0.15, -0.1) is 0 Å². The van der Waals surface area contributed by atoms with Crippen LogP contribution in [0.4, 0.5) is 0 Å². The number of nitrogens with zero attached hydrogens (tertiary/aromatic N) is 1. The van der Waals surface area contributed by atoms with Crippen LogP contribution in [0, 0.1) is 0 Å². The largest absolute Gasteiger partial charge is 0.336 e. The number of rotatable bonds is 4. The van der Waals surface area contributed by atoms with Crippen LogP contribution >= 0.6 is 0 Å². The monoisotopic (exact) mass is 260 g/mol. The average Bonchev–Trinajstić information content (AvgIpc) is 2.47. The van der Waals surface area contributed by atoms with Gasteiger partial charge in [-0.25, -0.2) is 0 Å². The van der Waals surface area contributed by atoms with E-state index in [1.54, 1.807) is 0 Å². The summed E-state index contributed by atoms with van der Waals surface area (Å²) < 4.78 is 0. The highest BCUT2D eigenvalue weighted by Crippen LogP contribution is 2.23. The molecule has 19 heavy (non-hydrogen) atoms. The van der Waals surface area contributed by atoms with Gasteiger partial charge in [0, 0.05) is 24.7 Å². The number of piperidine rings is 1. The standard InChI is InChI=1S/C16H24N2O/c1-2-6-15-9-3-4-10-18(15)16(19)14-8-5-7-13(11-14)12-17/h5,7-8,11,15H,2-4,6,9-10,12,17H2,1H3. The summed E-state index contributed by atoms with van der Waals surface area (Å²) in [4.78, 5) is 14.7. The van der Waals surface area contributed by atoms with Gasteiger partial charge < -0.3 is 10.6 Å². The van der Waals surface area contributed by atoms with Crippen LogP contribution in [0.15, 0.2) is 24.3 Å². The molecule has 1 atom stereocenters. The van der Waals surface area contributed by atoms with Gasteiger partial charge in [-0.3, -0.25) is 4.79 Å². The van der Waals surface area contributed by atoms with Crippen LogP contribution in [0.2, 0.25) is 0 Å². The van der Waals surface area contributed by atoms with Crippen molar-refractivity contribution in [2.45, 2.75) is 51.6 Å². The highest BCUT2D eigenvalue weighted by Gasteiger charge is 2.26. The molecule has 0 aromatic heterocycles. The van der Waals surface area contributed by atoms with E-state index in [0.717, 1.165) is 43.4 Å². The maximum atomic E-state index is 12.6. The number of likely N-dealkylation sites (tertiary alicyclic amines) is 1. The Morgan fingerprint density at radius 2 is 2.26 bits per heavy atom. The van der Waals surface area contributed by atoms with Gasteiger partial charge in [0.15, 0.2) is 0 Å². The maximum absolute atomic E-state index is 12.6. The lowest BCUT2D eigenvalue weighted by Gasteiger charge is -2.36. The van der Waals surface area contributed by atoms with Gasteiger partial charge in [0.2, 0.25) is 0 Å². The minimum Gasteiger partial charge on any atom is -0.336 e. The quantitative estimate of drug-likeness (QED) is 0.904. The van der Waals surface area contributed by atoms with Crippen LogP contribution in [-0.2, 0) is 6.54 Å². The second-order valence-corrected chi connectivity index (χ2v) is 5.34. The molecular weight excluding hydrogens is 236 g/mol. The first kappa shape index (κ1) is 14.1. The minimum atomic E-state index is 0.174. The number of carbonyl (C=O) groups excluding carboxylic acids is 1. The maximum Gasteiger partial charge on any atom is 0.254 e. The molecule has 1 unspecified atom stereocenters. The molecular formula is C16H24N2O. The van der Waals surface area contributed by atoms with E-state index in [4.69, 9.17) is 5.73 Å². The van der Waals surface area contributed by atoms with E-state index in [2.05, 4.69) is 11.8 Å². The van der Waals surface area contributed by atoms with Crippen molar-refractivity contribution in [3.8, 4) is 0 Å². The summed E-state index contributed by atoms with van der Waals surface area (Å²) in [5.74, 6) is 0.174. The Kier molecular flexibility index (Phi) is 4.97. The lowest BCUT2D eigenvalue weighted by atomic mass is 9.97. The fourth-order valence-electron chi connectivity index (χ4n) is 2.90. The van der Waals surface area contributed by atoms with Crippen molar-refractivity contribution in [1.29, 1.82) is 0 Å². The van der Waals surface area contributed by atoms with Crippen molar-refractivity contribution in [3.05, 3.63) is 35.4 Å². The number of nitrogens with two attached hydrogens (primary N) is 1. The predicted molar refractivity (Wildman–Crippen MR) is 77.9 cm³/mol. The molecule has 0 bridgehead atoms. The average molecular weight is 260 g/mol. The van der Waals surface area contributed by atoms with Crippen LogP contribution in [0.25, 0.3) is 0 Å². The summed E-state index contributed by atoms with van der Waals surface area (Å²) in [6.07, 6.45) is 5.77. The molecule has 1 amide bonds. The molecule has 0 aliphatic carbocycles. The molecule has 1 heterocycles. The zero-order chi connectivity index (χ0) is 13.7. The molecule has 2 rings (SSSR count). The van der Waals surface area contributed by atoms with E-state index < -0.39 is 0 Å². The Balaban J connectivity index is 2.16. The Bertz CT molecular complexity index is 429. The lowest BCUT2D eigenvalue weighted by Crippen LogP contribution is -2.43. The van der Waals surface area contributed by atoms with E-state index in [1.807, 2.05) is 24.3 Å². The van der Waals surface area contributed by atoms with Crippen molar-refractivity contribution < 1.29 is 4.79 Å². The van der Waals surface area contributed by atoms with Gasteiger partial charge in [-0.2, -0.15) is 0 Å². The molecule has 1 aromatic rings. The Labute approximate surface area is 115 Å². The first-order chi connectivity index (χ1) is 9.26. The van der Waals surface area contributed by atoms with Gasteiger partial charge in [0.1, 0.15) is 0 Å². The van der Waals surface area contributed by atoms with Crippen molar-refractivity contribution in [1.82, 2.24) is 4.90 Å². The van der Waals surface area contributed by atoms with Crippen LogP contribution in [0.5, 0.6) is 0 Å². The Morgan fingerprint density at radius 3 is 3.00 bits per heavy atom. The van der Waals surface area contributed by atoms with Crippen LogP contribution in [-0.4, -0.2) is 23.4 Å². The Morgan fingerprint density at radius 1 is 1.42 bits per heavy atom. The molecule has 2 N–H and O–H groups in total. The highest BCUT2D eigenvalue weighted by atomic mass is 16.2. The lowest BCUT2D eigenvalue weighted by molar-refractivity contribution is 0.0600. The number of amides is 1. The molecule has 0 radical (unpaired) electrons. The normalized spacial score (nSPS) is 19.5. The molecule has 1 aliphatic rings.